The summed E-state index contributed by atoms with van der Waals surface area (Å²) in [6.45, 7) is 8.90. The highest BCUT2D eigenvalue weighted by atomic mass is 16.5. The summed E-state index contributed by atoms with van der Waals surface area (Å²) in [7, 11) is 0. The Morgan fingerprint density at radius 2 is 2.05 bits per heavy atom. The van der Waals surface area contributed by atoms with E-state index < -0.39 is 11.5 Å². The maximum absolute atomic E-state index is 11.3. The van der Waals surface area contributed by atoms with Crippen molar-refractivity contribution in [2.24, 2.45) is 0 Å². The predicted octanol–water partition coefficient (Wildman–Crippen LogP) is 2.92. The number of carboxylic acid groups (broad SMARTS) is 1. The number of rotatable bonds is 8. The highest BCUT2D eigenvalue weighted by Crippen LogP contribution is 2.18. The molecule has 0 aliphatic heterocycles. The van der Waals surface area contributed by atoms with Gasteiger partial charge in [0.1, 0.15) is 11.3 Å². The highest BCUT2D eigenvalue weighted by molar-refractivity contribution is 5.78. The van der Waals surface area contributed by atoms with Crippen LogP contribution in [0.3, 0.4) is 0 Å². The molecule has 0 aromatic heterocycles. The van der Waals surface area contributed by atoms with E-state index >= 15 is 0 Å². The number of aryl methyl sites for hydroxylation is 2. The van der Waals surface area contributed by atoms with Gasteiger partial charge >= 0.3 is 5.97 Å². The van der Waals surface area contributed by atoms with Crippen LogP contribution in [0.15, 0.2) is 18.2 Å². The molecule has 2 N–H and O–H groups in total. The summed E-state index contributed by atoms with van der Waals surface area (Å²) in [5, 5.41) is 12.3. The first-order chi connectivity index (χ1) is 9.39. The first kappa shape index (κ1) is 16.5. The van der Waals surface area contributed by atoms with Crippen molar-refractivity contribution in [2.75, 3.05) is 13.2 Å². The first-order valence-corrected chi connectivity index (χ1v) is 7.07. The van der Waals surface area contributed by atoms with Gasteiger partial charge in [-0.2, -0.15) is 0 Å². The molecule has 4 heteroatoms. The van der Waals surface area contributed by atoms with Gasteiger partial charge in [-0.25, -0.2) is 0 Å². The van der Waals surface area contributed by atoms with Crippen LogP contribution in [0, 0.1) is 13.8 Å². The lowest BCUT2D eigenvalue weighted by atomic mass is 9.96. The maximum Gasteiger partial charge on any atom is 0.323 e. The summed E-state index contributed by atoms with van der Waals surface area (Å²) >= 11 is 0. The topological polar surface area (TPSA) is 58.6 Å². The standard InChI is InChI=1S/C16H25NO3/c1-5-17-16(4,15(18)19)9-6-10-20-14-8-7-12(2)13(3)11-14/h7-8,11,17H,5-6,9-10H2,1-4H3,(H,18,19). The van der Waals surface area contributed by atoms with E-state index in [4.69, 9.17) is 4.74 Å². The van der Waals surface area contributed by atoms with Crippen LogP contribution in [-0.4, -0.2) is 29.8 Å². The van der Waals surface area contributed by atoms with E-state index in [-0.39, 0.29) is 0 Å². The molecule has 0 aliphatic rings. The van der Waals surface area contributed by atoms with Gasteiger partial charge in [0.25, 0.3) is 0 Å². The predicted molar refractivity (Wildman–Crippen MR) is 80.4 cm³/mol. The molecule has 0 bridgehead atoms. The number of carbonyl (C=O) groups is 1. The largest absolute Gasteiger partial charge is 0.494 e. The summed E-state index contributed by atoms with van der Waals surface area (Å²) in [5.74, 6) is 0.0270. The van der Waals surface area contributed by atoms with Crippen LogP contribution in [0.4, 0.5) is 0 Å². The number of likely N-dealkylation sites (N-methyl/N-ethyl adjacent to an activating group) is 1. The monoisotopic (exact) mass is 279 g/mol. The highest BCUT2D eigenvalue weighted by Gasteiger charge is 2.31. The van der Waals surface area contributed by atoms with Crippen LogP contribution in [0.1, 0.15) is 37.8 Å². The molecule has 0 aliphatic carbocycles. The Balaban J connectivity index is 2.44. The van der Waals surface area contributed by atoms with Crippen LogP contribution in [0.2, 0.25) is 0 Å². The van der Waals surface area contributed by atoms with Crippen molar-refractivity contribution >= 4 is 5.97 Å². The normalized spacial score (nSPS) is 13.8. The summed E-state index contributed by atoms with van der Waals surface area (Å²) < 4.78 is 5.67. The van der Waals surface area contributed by atoms with Crippen LogP contribution in [-0.2, 0) is 4.79 Å². The van der Waals surface area contributed by atoms with Crippen molar-refractivity contribution in [1.82, 2.24) is 5.32 Å². The summed E-state index contributed by atoms with van der Waals surface area (Å²) in [6, 6.07) is 5.99. The number of nitrogens with one attached hydrogen (secondary N) is 1. The van der Waals surface area contributed by atoms with Gasteiger partial charge < -0.3 is 15.2 Å². The lowest BCUT2D eigenvalue weighted by molar-refractivity contribution is -0.144. The van der Waals surface area contributed by atoms with Crippen LogP contribution in [0.5, 0.6) is 5.75 Å². The average Bonchev–Trinajstić information content (AvgIpc) is 2.39. The van der Waals surface area contributed by atoms with Crippen molar-refractivity contribution < 1.29 is 14.6 Å². The zero-order valence-electron chi connectivity index (χ0n) is 12.8. The smallest absolute Gasteiger partial charge is 0.323 e. The molecule has 0 heterocycles. The molecular weight excluding hydrogens is 254 g/mol. The van der Waals surface area contributed by atoms with Crippen molar-refractivity contribution in [2.45, 2.75) is 46.1 Å². The first-order valence-electron chi connectivity index (χ1n) is 7.07. The van der Waals surface area contributed by atoms with Crippen molar-refractivity contribution in [1.29, 1.82) is 0 Å². The molecule has 0 radical (unpaired) electrons. The van der Waals surface area contributed by atoms with Crippen molar-refractivity contribution in [3.05, 3.63) is 29.3 Å². The van der Waals surface area contributed by atoms with E-state index in [1.165, 1.54) is 11.1 Å². The number of benzene rings is 1. The second kappa shape index (κ2) is 7.29. The van der Waals surface area contributed by atoms with Gasteiger partial charge in [0, 0.05) is 0 Å². The number of hydrogen-bond donors (Lipinski definition) is 2. The maximum atomic E-state index is 11.3. The van der Waals surface area contributed by atoms with Crippen molar-refractivity contribution in [3.8, 4) is 5.75 Å². The quantitative estimate of drug-likeness (QED) is 0.718. The third-order valence-electron chi connectivity index (χ3n) is 3.61. The van der Waals surface area contributed by atoms with E-state index in [0.717, 1.165) is 5.75 Å². The number of carboxylic acids is 1. The summed E-state index contributed by atoms with van der Waals surface area (Å²) in [5.41, 5.74) is 1.56. The van der Waals surface area contributed by atoms with Crippen LogP contribution in [0.25, 0.3) is 0 Å². The van der Waals surface area contributed by atoms with Gasteiger partial charge in [0.2, 0.25) is 0 Å². The van der Waals surface area contributed by atoms with Crippen LogP contribution >= 0.6 is 0 Å². The minimum absolute atomic E-state index is 0.525. The molecule has 4 nitrogen and oxygen atoms in total. The summed E-state index contributed by atoms with van der Waals surface area (Å²) in [6.07, 6.45) is 1.24. The van der Waals surface area contributed by atoms with Gasteiger partial charge in [-0.3, -0.25) is 4.79 Å². The number of hydrogen-bond acceptors (Lipinski definition) is 3. The Hall–Kier alpha value is -1.55. The Morgan fingerprint density at radius 1 is 1.35 bits per heavy atom. The number of aliphatic carboxylic acids is 1. The minimum Gasteiger partial charge on any atom is -0.494 e. The lowest BCUT2D eigenvalue weighted by Gasteiger charge is -2.25. The van der Waals surface area contributed by atoms with Crippen molar-refractivity contribution in [3.63, 3.8) is 0 Å². The molecule has 0 spiro atoms. The average molecular weight is 279 g/mol. The fourth-order valence-electron chi connectivity index (χ4n) is 2.08. The lowest BCUT2D eigenvalue weighted by Crippen LogP contribution is -2.49. The zero-order chi connectivity index (χ0) is 15.2. The molecule has 1 rings (SSSR count). The molecule has 1 aromatic carbocycles. The van der Waals surface area contributed by atoms with E-state index in [2.05, 4.69) is 19.2 Å². The van der Waals surface area contributed by atoms with E-state index in [0.29, 0.717) is 26.0 Å². The Morgan fingerprint density at radius 3 is 2.60 bits per heavy atom. The molecule has 20 heavy (non-hydrogen) atoms. The third-order valence-corrected chi connectivity index (χ3v) is 3.61. The molecule has 1 aromatic rings. The van der Waals surface area contributed by atoms with Gasteiger partial charge in [0.05, 0.1) is 6.61 Å². The van der Waals surface area contributed by atoms with E-state index in [1.54, 1.807) is 6.92 Å². The van der Waals surface area contributed by atoms with Gasteiger partial charge in [0.15, 0.2) is 0 Å². The minimum atomic E-state index is -0.874. The van der Waals surface area contributed by atoms with E-state index in [9.17, 15) is 9.90 Å². The molecule has 0 fully saturated rings. The van der Waals surface area contributed by atoms with Gasteiger partial charge in [-0.05, 0) is 63.4 Å². The number of ether oxygens (including phenoxy) is 1. The Bertz CT molecular complexity index is 459. The molecular formula is C16H25NO3. The molecule has 0 amide bonds. The third kappa shape index (κ3) is 4.53. The molecule has 0 saturated carbocycles. The fourth-order valence-corrected chi connectivity index (χ4v) is 2.08. The molecule has 112 valence electrons. The Labute approximate surface area is 121 Å². The summed E-state index contributed by atoms with van der Waals surface area (Å²) in [4.78, 5) is 11.3. The molecule has 1 atom stereocenters. The van der Waals surface area contributed by atoms with Crippen LogP contribution < -0.4 is 10.1 Å². The van der Waals surface area contributed by atoms with Gasteiger partial charge in [-0.15, -0.1) is 0 Å². The Kier molecular flexibility index (Phi) is 6.02. The SMILES string of the molecule is CCNC(C)(CCCOc1ccc(C)c(C)c1)C(=O)O. The van der Waals surface area contributed by atoms with Gasteiger partial charge in [-0.1, -0.05) is 13.0 Å². The zero-order valence-corrected chi connectivity index (χ0v) is 12.8. The second-order valence-electron chi connectivity index (χ2n) is 5.37. The molecule has 1 unspecified atom stereocenters. The van der Waals surface area contributed by atoms with E-state index in [1.807, 2.05) is 25.1 Å². The second-order valence-corrected chi connectivity index (χ2v) is 5.37. The molecule has 0 saturated heterocycles. The fraction of sp³-hybridized carbons (Fsp3) is 0.562.